The molecule has 0 spiro atoms. The molecule has 148 valence electrons. The summed E-state index contributed by atoms with van der Waals surface area (Å²) in [5.41, 5.74) is 3.09. The molecular formula is C26H27NOS. The first kappa shape index (κ1) is 19.8. The summed E-state index contributed by atoms with van der Waals surface area (Å²) in [6.07, 6.45) is 0.939. The number of para-hydroxylation sites is 1. The fourth-order valence-corrected chi connectivity index (χ4v) is 5.70. The third-order valence-corrected chi connectivity index (χ3v) is 6.77. The quantitative estimate of drug-likeness (QED) is 0.498. The Morgan fingerprint density at radius 1 is 0.897 bits per heavy atom. The van der Waals surface area contributed by atoms with Crippen molar-refractivity contribution < 1.29 is 4.79 Å². The van der Waals surface area contributed by atoms with Crippen molar-refractivity contribution in [2.24, 2.45) is 0 Å². The number of hydrogen-bond acceptors (Lipinski definition) is 2. The molecule has 1 aliphatic rings. The number of carbonyl (C=O) groups is 1. The lowest BCUT2D eigenvalue weighted by Crippen LogP contribution is -2.43. The first-order valence-corrected chi connectivity index (χ1v) is 11.0. The van der Waals surface area contributed by atoms with Crippen LogP contribution < -0.4 is 4.90 Å². The van der Waals surface area contributed by atoms with Crippen LogP contribution in [0.5, 0.6) is 0 Å². The highest BCUT2D eigenvalue weighted by Crippen LogP contribution is 2.46. The zero-order valence-corrected chi connectivity index (χ0v) is 18.0. The average molecular weight is 402 g/mol. The topological polar surface area (TPSA) is 20.3 Å². The number of benzene rings is 3. The van der Waals surface area contributed by atoms with Crippen molar-refractivity contribution in [2.75, 3.05) is 4.90 Å². The van der Waals surface area contributed by atoms with E-state index in [-0.39, 0.29) is 22.6 Å². The van der Waals surface area contributed by atoms with Gasteiger partial charge in [-0.15, -0.1) is 11.8 Å². The fraction of sp³-hybridized carbons (Fsp3) is 0.269. The van der Waals surface area contributed by atoms with Gasteiger partial charge in [0.25, 0.3) is 0 Å². The maximum absolute atomic E-state index is 14.2. The SMILES string of the molecule is C[C@@H]1CC(C)(C)Sc2ccccc2N1C(=O)C(c1ccccc1)c1ccccc1. The zero-order valence-electron chi connectivity index (χ0n) is 17.2. The highest BCUT2D eigenvalue weighted by molar-refractivity contribution is 8.00. The van der Waals surface area contributed by atoms with Gasteiger partial charge in [-0.25, -0.2) is 0 Å². The van der Waals surface area contributed by atoms with Crippen LogP contribution in [0.4, 0.5) is 5.69 Å². The summed E-state index contributed by atoms with van der Waals surface area (Å²) in [7, 11) is 0. The first-order chi connectivity index (χ1) is 14.0. The summed E-state index contributed by atoms with van der Waals surface area (Å²) >= 11 is 1.87. The molecule has 0 bridgehead atoms. The van der Waals surface area contributed by atoms with Gasteiger partial charge in [-0.2, -0.15) is 0 Å². The Morgan fingerprint density at radius 2 is 1.41 bits per heavy atom. The summed E-state index contributed by atoms with van der Waals surface area (Å²) in [5.74, 6) is -0.181. The van der Waals surface area contributed by atoms with Gasteiger partial charge in [0.1, 0.15) is 0 Å². The number of carbonyl (C=O) groups excluding carboxylic acids is 1. The number of anilines is 1. The molecule has 0 aromatic heterocycles. The summed E-state index contributed by atoms with van der Waals surface area (Å²) in [5, 5.41) is 0. The number of amides is 1. The maximum atomic E-state index is 14.2. The van der Waals surface area contributed by atoms with Gasteiger partial charge in [-0.3, -0.25) is 4.79 Å². The molecule has 3 aromatic rings. The van der Waals surface area contributed by atoms with Crippen LogP contribution in [0, 0.1) is 0 Å². The summed E-state index contributed by atoms with van der Waals surface area (Å²) < 4.78 is 0.0690. The molecule has 3 aromatic carbocycles. The van der Waals surface area contributed by atoms with Crippen LogP contribution in [0.15, 0.2) is 89.8 Å². The molecule has 0 saturated heterocycles. The average Bonchev–Trinajstić information content (AvgIpc) is 2.81. The van der Waals surface area contributed by atoms with E-state index in [9.17, 15) is 4.79 Å². The Labute approximate surface area is 178 Å². The smallest absolute Gasteiger partial charge is 0.239 e. The number of rotatable bonds is 3. The van der Waals surface area contributed by atoms with E-state index < -0.39 is 0 Å². The maximum Gasteiger partial charge on any atom is 0.239 e. The van der Waals surface area contributed by atoms with Crippen LogP contribution in [0.2, 0.25) is 0 Å². The molecule has 0 N–H and O–H groups in total. The Bertz CT molecular complexity index is 944. The van der Waals surface area contributed by atoms with Crippen molar-refractivity contribution in [1.29, 1.82) is 0 Å². The number of hydrogen-bond donors (Lipinski definition) is 0. The Kier molecular flexibility index (Phi) is 5.51. The first-order valence-electron chi connectivity index (χ1n) is 10.2. The predicted molar refractivity (Wildman–Crippen MR) is 123 cm³/mol. The Morgan fingerprint density at radius 3 is 2.00 bits per heavy atom. The van der Waals surface area contributed by atoms with Gasteiger partial charge in [-0.1, -0.05) is 86.6 Å². The largest absolute Gasteiger partial charge is 0.308 e. The van der Waals surface area contributed by atoms with Crippen LogP contribution in [-0.4, -0.2) is 16.7 Å². The van der Waals surface area contributed by atoms with Crippen LogP contribution in [0.25, 0.3) is 0 Å². The van der Waals surface area contributed by atoms with E-state index >= 15 is 0 Å². The van der Waals surface area contributed by atoms with Crippen molar-refractivity contribution in [1.82, 2.24) is 0 Å². The molecule has 3 heteroatoms. The second-order valence-corrected chi connectivity index (χ2v) is 10.1. The van der Waals surface area contributed by atoms with E-state index in [0.717, 1.165) is 23.2 Å². The van der Waals surface area contributed by atoms with E-state index in [1.165, 1.54) is 4.90 Å². The minimum Gasteiger partial charge on any atom is -0.308 e. The highest BCUT2D eigenvalue weighted by Gasteiger charge is 2.38. The van der Waals surface area contributed by atoms with Gasteiger partial charge in [0.2, 0.25) is 5.91 Å². The number of fused-ring (bicyclic) bond motifs is 1. The van der Waals surface area contributed by atoms with Crippen molar-refractivity contribution >= 4 is 23.4 Å². The van der Waals surface area contributed by atoms with Gasteiger partial charge in [-0.05, 0) is 36.6 Å². The standard InChI is InChI=1S/C26H27NOS/c1-19-18-26(2,3)29-23-17-11-10-16-22(23)27(19)25(28)24(20-12-6-4-7-13-20)21-14-8-5-9-15-21/h4-17,19,24H,18H2,1-3H3/t19-/m1/s1. The highest BCUT2D eigenvalue weighted by atomic mass is 32.2. The third kappa shape index (κ3) is 4.11. The molecule has 0 unspecified atom stereocenters. The van der Waals surface area contributed by atoms with E-state index in [1.54, 1.807) is 0 Å². The second kappa shape index (κ2) is 8.08. The molecule has 0 fully saturated rings. The van der Waals surface area contributed by atoms with Gasteiger partial charge in [0, 0.05) is 15.7 Å². The van der Waals surface area contributed by atoms with E-state index in [1.807, 2.05) is 59.1 Å². The Balaban J connectivity index is 1.84. The van der Waals surface area contributed by atoms with Crippen molar-refractivity contribution in [3.8, 4) is 0 Å². The van der Waals surface area contributed by atoms with Crippen LogP contribution in [0.1, 0.15) is 44.2 Å². The van der Waals surface area contributed by atoms with Crippen molar-refractivity contribution in [3.05, 3.63) is 96.1 Å². The summed E-state index contributed by atoms with van der Waals surface area (Å²) in [6, 6.07) is 28.7. The predicted octanol–water partition coefficient (Wildman–Crippen LogP) is 6.51. The lowest BCUT2D eigenvalue weighted by atomic mass is 9.89. The summed E-state index contributed by atoms with van der Waals surface area (Å²) in [6.45, 7) is 6.71. The van der Waals surface area contributed by atoms with E-state index in [0.29, 0.717) is 0 Å². The lowest BCUT2D eigenvalue weighted by molar-refractivity contribution is -0.119. The molecule has 0 radical (unpaired) electrons. The molecule has 1 heterocycles. The summed E-state index contributed by atoms with van der Waals surface area (Å²) in [4.78, 5) is 17.4. The fourth-order valence-electron chi connectivity index (χ4n) is 4.37. The Hall–Kier alpha value is -2.52. The van der Waals surface area contributed by atoms with Crippen molar-refractivity contribution in [2.45, 2.75) is 48.8 Å². The molecule has 1 atom stereocenters. The number of nitrogens with zero attached hydrogens (tertiary/aromatic N) is 1. The monoisotopic (exact) mass is 401 g/mol. The van der Waals surface area contributed by atoms with Crippen LogP contribution >= 0.6 is 11.8 Å². The minimum atomic E-state index is -0.320. The molecule has 29 heavy (non-hydrogen) atoms. The number of thioether (sulfide) groups is 1. The lowest BCUT2D eigenvalue weighted by Gasteiger charge is -2.33. The zero-order chi connectivity index (χ0) is 20.4. The van der Waals surface area contributed by atoms with Crippen LogP contribution in [-0.2, 0) is 4.79 Å². The molecule has 2 nitrogen and oxygen atoms in total. The third-order valence-electron chi connectivity index (χ3n) is 5.49. The van der Waals surface area contributed by atoms with E-state index in [4.69, 9.17) is 0 Å². The normalized spacial score (nSPS) is 18.2. The molecule has 1 aliphatic heterocycles. The molecule has 1 amide bonds. The van der Waals surface area contributed by atoms with Gasteiger partial charge in [0.05, 0.1) is 11.6 Å². The molecule has 0 aliphatic carbocycles. The van der Waals surface area contributed by atoms with Gasteiger partial charge < -0.3 is 4.90 Å². The molecular weight excluding hydrogens is 374 g/mol. The van der Waals surface area contributed by atoms with Gasteiger partial charge >= 0.3 is 0 Å². The van der Waals surface area contributed by atoms with Gasteiger partial charge in [0.15, 0.2) is 0 Å². The molecule has 4 rings (SSSR count). The minimum absolute atomic E-state index is 0.0690. The van der Waals surface area contributed by atoms with Crippen LogP contribution in [0.3, 0.4) is 0 Å². The second-order valence-electron chi connectivity index (χ2n) is 8.35. The molecule has 0 saturated carbocycles. The van der Waals surface area contributed by atoms with E-state index in [2.05, 4.69) is 63.2 Å². The van der Waals surface area contributed by atoms with Crippen molar-refractivity contribution in [3.63, 3.8) is 0 Å².